The van der Waals surface area contributed by atoms with Gasteiger partial charge < -0.3 is 15.0 Å². The van der Waals surface area contributed by atoms with Gasteiger partial charge in [-0.1, -0.05) is 25.1 Å². The first kappa shape index (κ1) is 19.5. The van der Waals surface area contributed by atoms with Gasteiger partial charge in [0.15, 0.2) is 0 Å². The Kier molecular flexibility index (Phi) is 5.50. The van der Waals surface area contributed by atoms with E-state index in [-0.39, 0.29) is 0 Å². The van der Waals surface area contributed by atoms with Gasteiger partial charge in [-0.15, -0.1) is 0 Å². The molecule has 0 saturated carbocycles. The molecule has 0 aliphatic carbocycles. The maximum Gasteiger partial charge on any atom is 0.227 e. The van der Waals surface area contributed by atoms with Gasteiger partial charge in [0, 0.05) is 54.4 Å². The highest BCUT2D eigenvalue weighted by molar-refractivity contribution is 5.84. The summed E-state index contributed by atoms with van der Waals surface area (Å²) in [6.07, 6.45) is 6.92. The zero-order chi connectivity index (χ0) is 21.0. The van der Waals surface area contributed by atoms with Gasteiger partial charge in [0.05, 0.1) is 24.9 Å². The minimum atomic E-state index is 0.588. The van der Waals surface area contributed by atoms with E-state index in [0.717, 1.165) is 67.0 Å². The minimum Gasteiger partial charge on any atom is -0.378 e. The molecule has 1 saturated heterocycles. The van der Waals surface area contributed by atoms with E-state index in [4.69, 9.17) is 9.72 Å². The lowest BCUT2D eigenvalue weighted by Gasteiger charge is -2.29. The molecule has 0 unspecified atom stereocenters. The molecular weight excluding hydrogens is 388 g/mol. The van der Waals surface area contributed by atoms with E-state index < -0.39 is 0 Å². The molecule has 3 heterocycles. The van der Waals surface area contributed by atoms with Crippen molar-refractivity contribution in [2.45, 2.75) is 19.9 Å². The molecule has 1 aliphatic rings. The summed E-state index contributed by atoms with van der Waals surface area (Å²) in [6, 6.07) is 14.6. The highest BCUT2D eigenvalue weighted by Gasteiger charge is 2.12. The number of rotatable bonds is 6. The second-order valence-electron chi connectivity index (χ2n) is 7.73. The summed E-state index contributed by atoms with van der Waals surface area (Å²) in [7, 11) is 0. The molecule has 1 fully saturated rings. The van der Waals surface area contributed by atoms with Gasteiger partial charge in [0.25, 0.3) is 0 Å². The van der Waals surface area contributed by atoms with E-state index in [2.05, 4.69) is 69.8 Å². The average Bonchev–Trinajstić information content (AvgIpc) is 3.28. The fourth-order valence-corrected chi connectivity index (χ4v) is 3.86. The first-order valence-electron chi connectivity index (χ1n) is 10.8. The zero-order valence-corrected chi connectivity index (χ0v) is 17.7. The third kappa shape index (κ3) is 4.36. The number of hydrogen-bond donors (Lipinski definition) is 1. The molecule has 0 bridgehead atoms. The van der Waals surface area contributed by atoms with Crippen molar-refractivity contribution >= 4 is 28.2 Å². The standard InChI is InChI=1S/C24H26N6O/c1-2-8-30-17-20(16-26-30)18-6-7-19-15-25-24(28-23(19)13-18)27-21-4-3-5-22(14-21)29-9-11-31-12-10-29/h3-7,13-17H,2,8-12H2,1H3,(H,25,27,28). The first-order chi connectivity index (χ1) is 15.3. The lowest BCUT2D eigenvalue weighted by molar-refractivity contribution is 0.122. The molecule has 2 aromatic carbocycles. The highest BCUT2D eigenvalue weighted by atomic mass is 16.5. The topological polar surface area (TPSA) is 68.1 Å². The van der Waals surface area contributed by atoms with Crippen LogP contribution in [0.1, 0.15) is 13.3 Å². The molecule has 31 heavy (non-hydrogen) atoms. The van der Waals surface area contributed by atoms with E-state index in [1.807, 2.05) is 23.1 Å². The summed E-state index contributed by atoms with van der Waals surface area (Å²) in [5, 5.41) is 8.81. The molecule has 0 radical (unpaired) electrons. The predicted octanol–water partition coefficient (Wildman–Crippen LogP) is 4.48. The lowest BCUT2D eigenvalue weighted by atomic mass is 10.1. The van der Waals surface area contributed by atoms with Crippen LogP contribution in [-0.2, 0) is 11.3 Å². The summed E-state index contributed by atoms with van der Waals surface area (Å²) in [6.45, 7) is 6.43. The fourth-order valence-electron chi connectivity index (χ4n) is 3.86. The van der Waals surface area contributed by atoms with Gasteiger partial charge in [0.2, 0.25) is 5.95 Å². The molecule has 158 valence electrons. The molecule has 1 aliphatic heterocycles. The van der Waals surface area contributed by atoms with Crippen LogP contribution in [-0.4, -0.2) is 46.1 Å². The number of anilines is 3. The number of aryl methyl sites for hydroxylation is 1. The molecule has 7 nitrogen and oxygen atoms in total. The van der Waals surface area contributed by atoms with Gasteiger partial charge in [0.1, 0.15) is 0 Å². The molecule has 7 heteroatoms. The number of hydrogen-bond acceptors (Lipinski definition) is 6. The molecular formula is C24H26N6O. The number of ether oxygens (including phenoxy) is 1. The Bertz CT molecular complexity index is 1180. The largest absolute Gasteiger partial charge is 0.378 e. The molecule has 2 aromatic heterocycles. The quantitative estimate of drug-likeness (QED) is 0.502. The van der Waals surface area contributed by atoms with E-state index >= 15 is 0 Å². The normalized spacial score (nSPS) is 14.2. The Labute approximate surface area is 181 Å². The van der Waals surface area contributed by atoms with Crippen molar-refractivity contribution in [1.29, 1.82) is 0 Å². The van der Waals surface area contributed by atoms with Crippen molar-refractivity contribution in [3.8, 4) is 11.1 Å². The van der Waals surface area contributed by atoms with Crippen molar-refractivity contribution in [1.82, 2.24) is 19.7 Å². The van der Waals surface area contributed by atoms with Gasteiger partial charge in [-0.25, -0.2) is 9.97 Å². The highest BCUT2D eigenvalue weighted by Crippen LogP contribution is 2.26. The van der Waals surface area contributed by atoms with E-state index in [9.17, 15) is 0 Å². The van der Waals surface area contributed by atoms with Gasteiger partial charge in [-0.3, -0.25) is 4.68 Å². The van der Waals surface area contributed by atoms with Gasteiger partial charge >= 0.3 is 0 Å². The summed E-state index contributed by atoms with van der Waals surface area (Å²) < 4.78 is 7.44. The summed E-state index contributed by atoms with van der Waals surface area (Å²) >= 11 is 0. The molecule has 0 amide bonds. The van der Waals surface area contributed by atoms with Crippen LogP contribution in [0.2, 0.25) is 0 Å². The van der Waals surface area contributed by atoms with Crippen molar-refractivity contribution < 1.29 is 4.74 Å². The predicted molar refractivity (Wildman–Crippen MR) is 124 cm³/mol. The van der Waals surface area contributed by atoms with Crippen LogP contribution in [0.4, 0.5) is 17.3 Å². The molecule has 0 atom stereocenters. The second-order valence-corrected chi connectivity index (χ2v) is 7.73. The summed E-state index contributed by atoms with van der Waals surface area (Å²) in [5.74, 6) is 0.588. The van der Waals surface area contributed by atoms with Crippen molar-refractivity contribution in [3.05, 3.63) is 61.1 Å². The van der Waals surface area contributed by atoms with E-state index in [1.54, 1.807) is 0 Å². The first-order valence-corrected chi connectivity index (χ1v) is 10.8. The Hall–Kier alpha value is -3.45. The Balaban J connectivity index is 1.39. The average molecular weight is 415 g/mol. The minimum absolute atomic E-state index is 0.588. The van der Waals surface area contributed by atoms with E-state index in [1.165, 1.54) is 5.69 Å². The number of nitrogens with one attached hydrogen (secondary N) is 1. The Morgan fingerprint density at radius 2 is 1.94 bits per heavy atom. The Morgan fingerprint density at radius 1 is 1.03 bits per heavy atom. The van der Waals surface area contributed by atoms with Crippen LogP contribution in [0, 0.1) is 0 Å². The fraction of sp³-hybridized carbons (Fsp3) is 0.292. The van der Waals surface area contributed by atoms with Crippen LogP contribution in [0.3, 0.4) is 0 Å². The van der Waals surface area contributed by atoms with Crippen LogP contribution in [0.25, 0.3) is 22.0 Å². The number of nitrogens with zero attached hydrogens (tertiary/aromatic N) is 5. The number of morpholine rings is 1. The number of aromatic nitrogens is 4. The van der Waals surface area contributed by atoms with Crippen LogP contribution in [0.5, 0.6) is 0 Å². The third-order valence-electron chi connectivity index (χ3n) is 5.48. The molecule has 4 aromatic rings. The zero-order valence-electron chi connectivity index (χ0n) is 17.7. The van der Waals surface area contributed by atoms with Crippen LogP contribution >= 0.6 is 0 Å². The van der Waals surface area contributed by atoms with Crippen molar-refractivity contribution in [2.24, 2.45) is 0 Å². The molecule has 5 rings (SSSR count). The molecule has 1 N–H and O–H groups in total. The number of fused-ring (bicyclic) bond motifs is 1. The smallest absolute Gasteiger partial charge is 0.227 e. The van der Waals surface area contributed by atoms with E-state index in [0.29, 0.717) is 5.95 Å². The van der Waals surface area contributed by atoms with Crippen LogP contribution in [0.15, 0.2) is 61.1 Å². The van der Waals surface area contributed by atoms with Gasteiger partial charge in [-0.05, 0) is 36.2 Å². The monoisotopic (exact) mass is 414 g/mol. The second kappa shape index (κ2) is 8.73. The Morgan fingerprint density at radius 3 is 2.81 bits per heavy atom. The third-order valence-corrected chi connectivity index (χ3v) is 5.48. The number of benzene rings is 2. The SMILES string of the molecule is CCCn1cc(-c2ccc3cnc(Nc4cccc(N5CCOCC5)c4)nc3c2)cn1. The summed E-state index contributed by atoms with van der Waals surface area (Å²) in [5.41, 5.74) is 5.26. The molecule has 0 spiro atoms. The summed E-state index contributed by atoms with van der Waals surface area (Å²) in [4.78, 5) is 11.6. The van der Waals surface area contributed by atoms with Crippen molar-refractivity contribution in [2.75, 3.05) is 36.5 Å². The van der Waals surface area contributed by atoms with Crippen LogP contribution < -0.4 is 10.2 Å². The maximum atomic E-state index is 5.46. The maximum absolute atomic E-state index is 5.46. The van der Waals surface area contributed by atoms with Crippen molar-refractivity contribution in [3.63, 3.8) is 0 Å². The lowest BCUT2D eigenvalue weighted by Crippen LogP contribution is -2.36. The van der Waals surface area contributed by atoms with Gasteiger partial charge in [-0.2, -0.15) is 5.10 Å².